The summed E-state index contributed by atoms with van der Waals surface area (Å²) in [6.07, 6.45) is -0.974. The average molecular weight is 805 g/mol. The molecule has 4 aromatic rings. The van der Waals surface area contributed by atoms with Gasteiger partial charge >= 0.3 is 35.4 Å². The van der Waals surface area contributed by atoms with Gasteiger partial charge in [0.05, 0.1) is 26.3 Å². The highest BCUT2D eigenvalue weighted by molar-refractivity contribution is 5.79. The summed E-state index contributed by atoms with van der Waals surface area (Å²) in [6.45, 7) is -0.995. The number of H-pyrrole nitrogens is 2. The van der Waals surface area contributed by atoms with E-state index in [0.29, 0.717) is 4.57 Å². The average Bonchev–Trinajstić information content (AvgIpc) is 3.47. The van der Waals surface area contributed by atoms with E-state index < -0.39 is 91.7 Å². The van der Waals surface area contributed by atoms with E-state index in [0.717, 1.165) is 49.0 Å². The lowest BCUT2D eigenvalue weighted by molar-refractivity contribution is -0.147. The lowest BCUT2D eigenvalue weighted by Crippen LogP contribution is -2.49. The van der Waals surface area contributed by atoms with Crippen molar-refractivity contribution in [3.05, 3.63) is 125 Å². The summed E-state index contributed by atoms with van der Waals surface area (Å²) in [4.78, 5) is 117. The Balaban J connectivity index is 1.35. The fraction of sp³-hybridized carbons (Fsp3) is 0.324. The molecule has 5 N–H and O–H groups in total. The first-order valence-corrected chi connectivity index (χ1v) is 17.9. The molecule has 2 amide bonds. The number of hydrogen-bond donors (Lipinski definition) is 5. The lowest BCUT2D eigenvalue weighted by atomic mass is 9.98. The third-order valence-electron chi connectivity index (χ3n) is 8.67. The Morgan fingerprint density at radius 2 is 1.16 bits per heavy atom. The second-order valence-electron chi connectivity index (χ2n) is 12.7. The maximum atomic E-state index is 13.5. The predicted molar refractivity (Wildman–Crippen MR) is 201 cm³/mol. The zero-order valence-electron chi connectivity index (χ0n) is 31.3. The molecule has 0 unspecified atom stereocenters. The third kappa shape index (κ3) is 10.8. The van der Waals surface area contributed by atoms with Gasteiger partial charge < -0.3 is 19.3 Å². The molecule has 1 aliphatic carbocycles. The van der Waals surface area contributed by atoms with E-state index in [2.05, 4.69) is 10.9 Å². The van der Waals surface area contributed by atoms with Gasteiger partial charge in [-0.15, -0.1) is 0 Å². The number of fused-ring (bicyclic) bond motifs is 3. The molecule has 21 nitrogen and oxygen atoms in total. The highest BCUT2D eigenvalue weighted by Crippen LogP contribution is 2.44. The Bertz CT molecular complexity index is 2390. The van der Waals surface area contributed by atoms with Crippen LogP contribution in [0.5, 0.6) is 0 Å². The number of aromatic nitrogens is 4. The van der Waals surface area contributed by atoms with Crippen LogP contribution in [0.2, 0.25) is 0 Å². The number of aliphatic carboxylic acids is 1. The van der Waals surface area contributed by atoms with Crippen molar-refractivity contribution in [3.63, 3.8) is 0 Å². The molecule has 5 rings (SSSR count). The van der Waals surface area contributed by atoms with Crippen LogP contribution < -0.4 is 33.3 Å². The minimum atomic E-state index is -1.42. The standard InChI is InChI=1S/C37H40N8O13/c1-3-56-33(51)19-42(15-23-14-30(47)39-36(54)45(23)18-32(49)50)40-31(48)17-44-22(13-29(46)38-35(44)53)16-43(20-34(52)57-4-2)41-37(55)58-21-28-26-11-7-5-9-24(26)25-10-6-8-12-27(25)28/h5-14,28H,3-4,15-21H2,1-2H3,(H,40,48)(H,41,55)(H,49,50)(H,38,46,53)(H,39,47,54). The number of amides is 2. The van der Waals surface area contributed by atoms with E-state index in [1.54, 1.807) is 6.92 Å². The number of benzene rings is 2. The number of esters is 2. The van der Waals surface area contributed by atoms with Gasteiger partial charge in [-0.1, -0.05) is 48.5 Å². The first kappa shape index (κ1) is 42.0. The van der Waals surface area contributed by atoms with Crippen LogP contribution in [0.4, 0.5) is 4.79 Å². The van der Waals surface area contributed by atoms with E-state index in [4.69, 9.17) is 14.2 Å². The molecule has 0 radical (unpaired) electrons. The SMILES string of the molecule is CCOC(=O)CN(Cc1cc(=O)[nH]c(=O)n1CC(=O)O)NC(=O)Cn1c(CN(CC(=O)OCC)NC(=O)OCC2c3ccccc3-c3ccccc32)cc(=O)[nH]c1=O. The molecular formula is C37H40N8O13. The van der Waals surface area contributed by atoms with Crippen LogP contribution in [0.25, 0.3) is 11.1 Å². The molecule has 0 bridgehead atoms. The van der Waals surface area contributed by atoms with Gasteiger partial charge in [-0.3, -0.25) is 58.7 Å². The van der Waals surface area contributed by atoms with Gasteiger partial charge in [0, 0.05) is 29.4 Å². The van der Waals surface area contributed by atoms with Gasteiger partial charge in [0.2, 0.25) is 0 Å². The van der Waals surface area contributed by atoms with Crippen LogP contribution >= 0.6 is 0 Å². The molecule has 0 aliphatic heterocycles. The maximum absolute atomic E-state index is 13.5. The molecule has 0 saturated carbocycles. The third-order valence-corrected chi connectivity index (χ3v) is 8.67. The molecule has 2 aromatic carbocycles. The van der Waals surface area contributed by atoms with Gasteiger partial charge in [0.15, 0.2) is 0 Å². The number of nitrogens with zero attached hydrogens (tertiary/aromatic N) is 4. The number of carbonyl (C=O) groups excluding carboxylic acids is 4. The van der Waals surface area contributed by atoms with Gasteiger partial charge in [-0.05, 0) is 36.1 Å². The Morgan fingerprint density at radius 1 is 0.690 bits per heavy atom. The van der Waals surface area contributed by atoms with Crippen LogP contribution in [0.3, 0.4) is 0 Å². The monoisotopic (exact) mass is 804 g/mol. The molecule has 2 heterocycles. The van der Waals surface area contributed by atoms with Crippen molar-refractivity contribution in [1.29, 1.82) is 0 Å². The van der Waals surface area contributed by atoms with E-state index >= 15 is 0 Å². The molecule has 0 saturated heterocycles. The normalized spacial score (nSPS) is 11.8. The van der Waals surface area contributed by atoms with Crippen LogP contribution in [0, 0.1) is 0 Å². The number of hydrazine groups is 2. The Morgan fingerprint density at radius 3 is 1.64 bits per heavy atom. The van der Waals surface area contributed by atoms with Crippen molar-refractivity contribution in [2.24, 2.45) is 0 Å². The lowest BCUT2D eigenvalue weighted by Gasteiger charge is -2.25. The van der Waals surface area contributed by atoms with E-state index in [-0.39, 0.29) is 37.1 Å². The molecule has 58 heavy (non-hydrogen) atoms. The van der Waals surface area contributed by atoms with Crippen molar-refractivity contribution < 1.29 is 43.3 Å². The number of hydrogen-bond acceptors (Lipinski definition) is 14. The quantitative estimate of drug-likeness (QED) is 0.0477. The minimum Gasteiger partial charge on any atom is -0.480 e. The van der Waals surface area contributed by atoms with Gasteiger partial charge in [-0.25, -0.2) is 24.4 Å². The fourth-order valence-electron chi connectivity index (χ4n) is 6.38. The van der Waals surface area contributed by atoms with Gasteiger partial charge in [0.25, 0.3) is 17.0 Å². The van der Waals surface area contributed by atoms with Crippen molar-refractivity contribution in [3.8, 4) is 11.1 Å². The van der Waals surface area contributed by atoms with E-state index in [1.165, 1.54) is 6.92 Å². The number of carboxylic acid groups (broad SMARTS) is 1. The molecular weight excluding hydrogens is 764 g/mol. The van der Waals surface area contributed by atoms with Crippen LogP contribution in [0.15, 0.2) is 79.8 Å². The Hall–Kier alpha value is -7.13. The number of rotatable bonds is 18. The fourth-order valence-corrected chi connectivity index (χ4v) is 6.38. The van der Waals surface area contributed by atoms with Crippen molar-refractivity contribution in [2.45, 2.75) is 45.9 Å². The summed E-state index contributed by atoms with van der Waals surface area (Å²) in [7, 11) is 0. The Kier molecular flexibility index (Phi) is 13.9. The Labute approximate surface area is 327 Å². The maximum Gasteiger partial charge on any atom is 0.421 e. The largest absolute Gasteiger partial charge is 0.480 e. The first-order valence-electron chi connectivity index (χ1n) is 17.9. The van der Waals surface area contributed by atoms with Crippen LogP contribution in [0.1, 0.15) is 42.3 Å². The summed E-state index contributed by atoms with van der Waals surface area (Å²) < 4.78 is 17.2. The number of ether oxygens (including phenoxy) is 3. The molecule has 306 valence electrons. The molecule has 0 spiro atoms. The molecule has 21 heteroatoms. The highest BCUT2D eigenvalue weighted by atomic mass is 16.6. The number of aromatic amines is 2. The van der Waals surface area contributed by atoms with Crippen molar-refractivity contribution in [1.82, 2.24) is 40.0 Å². The minimum absolute atomic E-state index is 0.000392. The van der Waals surface area contributed by atoms with Crippen LogP contribution in [-0.4, -0.2) is 97.0 Å². The summed E-state index contributed by atoms with van der Waals surface area (Å²) >= 11 is 0. The summed E-state index contributed by atoms with van der Waals surface area (Å²) in [5, 5.41) is 11.3. The second-order valence-corrected chi connectivity index (χ2v) is 12.7. The summed E-state index contributed by atoms with van der Waals surface area (Å²) in [5.74, 6) is -4.32. The van der Waals surface area contributed by atoms with Gasteiger partial charge in [-0.2, -0.15) is 0 Å². The first-order chi connectivity index (χ1) is 27.8. The summed E-state index contributed by atoms with van der Waals surface area (Å²) in [6, 6.07) is 17.3. The second kappa shape index (κ2) is 19.1. The number of nitrogens with one attached hydrogen (secondary N) is 4. The molecule has 1 aliphatic rings. The molecule has 0 fully saturated rings. The molecule has 0 atom stereocenters. The smallest absolute Gasteiger partial charge is 0.421 e. The summed E-state index contributed by atoms with van der Waals surface area (Å²) in [5.41, 5.74) is 4.52. The zero-order valence-corrected chi connectivity index (χ0v) is 31.3. The van der Waals surface area contributed by atoms with Crippen molar-refractivity contribution in [2.75, 3.05) is 32.9 Å². The van der Waals surface area contributed by atoms with Crippen molar-refractivity contribution >= 4 is 29.9 Å². The van der Waals surface area contributed by atoms with E-state index in [9.17, 15) is 48.3 Å². The molecule has 2 aromatic heterocycles. The predicted octanol–water partition coefficient (Wildman–Crippen LogP) is -0.613. The number of carboxylic acids is 1. The van der Waals surface area contributed by atoms with Crippen LogP contribution in [-0.2, 0) is 59.6 Å². The topological polar surface area (TPSA) is 274 Å². The van der Waals surface area contributed by atoms with E-state index in [1.807, 2.05) is 58.5 Å². The van der Waals surface area contributed by atoms with Gasteiger partial charge in [0.1, 0.15) is 32.8 Å². The highest BCUT2D eigenvalue weighted by Gasteiger charge is 2.30. The number of carbonyl (C=O) groups is 5. The zero-order chi connectivity index (χ0) is 41.9.